The number of aryl methyl sites for hydroxylation is 2. The van der Waals surface area contributed by atoms with E-state index in [4.69, 9.17) is 0 Å². The van der Waals surface area contributed by atoms with Crippen molar-refractivity contribution in [2.24, 2.45) is 0 Å². The number of phenolic OH excluding ortho intramolecular Hbond substituents is 1. The van der Waals surface area contributed by atoms with E-state index in [1.54, 1.807) is 6.07 Å². The van der Waals surface area contributed by atoms with Crippen LogP contribution in [-0.2, 0) is 6.42 Å². The van der Waals surface area contributed by atoms with Gasteiger partial charge in [0, 0.05) is 16.8 Å². The van der Waals surface area contributed by atoms with Crippen LogP contribution in [0.4, 0.5) is 0 Å². The van der Waals surface area contributed by atoms with Crippen LogP contribution in [0.2, 0.25) is 0 Å². The first-order valence-electron chi connectivity index (χ1n) is 7.13. The third kappa shape index (κ3) is 2.55. The Kier molecular flexibility index (Phi) is 3.48. The number of nitrogens with one attached hydrogen (secondary N) is 1. The molecule has 0 bridgehead atoms. The highest BCUT2D eigenvalue weighted by atomic mass is 16.3. The van der Waals surface area contributed by atoms with Crippen LogP contribution in [0, 0.1) is 6.92 Å². The molecule has 0 fully saturated rings. The van der Waals surface area contributed by atoms with Crippen molar-refractivity contribution in [3.8, 4) is 28.4 Å². The van der Waals surface area contributed by atoms with E-state index in [1.165, 1.54) is 0 Å². The zero-order valence-electron chi connectivity index (χ0n) is 12.2. The van der Waals surface area contributed by atoms with Gasteiger partial charge in [-0.1, -0.05) is 49.4 Å². The number of aromatic amines is 1. The predicted octanol–water partition coefficient (Wildman–Crippen LogP) is 4.32. The van der Waals surface area contributed by atoms with Gasteiger partial charge in [0.05, 0.1) is 5.69 Å². The van der Waals surface area contributed by atoms with Gasteiger partial charge in [-0.25, -0.2) is 4.98 Å². The molecule has 0 amide bonds. The Balaban J connectivity index is 2.03. The van der Waals surface area contributed by atoms with Gasteiger partial charge < -0.3 is 10.1 Å². The van der Waals surface area contributed by atoms with Crippen molar-refractivity contribution in [3.63, 3.8) is 0 Å². The van der Waals surface area contributed by atoms with Crippen LogP contribution in [0.25, 0.3) is 22.6 Å². The highest BCUT2D eigenvalue weighted by Crippen LogP contribution is 2.28. The van der Waals surface area contributed by atoms with E-state index < -0.39 is 0 Å². The van der Waals surface area contributed by atoms with E-state index in [1.807, 2.05) is 56.3 Å². The lowest BCUT2D eigenvalue weighted by Crippen LogP contribution is -1.85. The van der Waals surface area contributed by atoms with Gasteiger partial charge in [0.2, 0.25) is 0 Å². The first kappa shape index (κ1) is 13.4. The molecule has 21 heavy (non-hydrogen) atoms. The fourth-order valence-corrected chi connectivity index (χ4v) is 2.48. The summed E-state index contributed by atoms with van der Waals surface area (Å²) in [5, 5.41) is 10.0. The molecule has 3 nitrogen and oxygen atoms in total. The molecular weight excluding hydrogens is 260 g/mol. The summed E-state index contributed by atoms with van der Waals surface area (Å²) in [4.78, 5) is 7.98. The van der Waals surface area contributed by atoms with E-state index in [2.05, 4.69) is 9.97 Å². The van der Waals surface area contributed by atoms with Crippen molar-refractivity contribution in [1.29, 1.82) is 0 Å². The van der Waals surface area contributed by atoms with Crippen molar-refractivity contribution >= 4 is 0 Å². The van der Waals surface area contributed by atoms with Crippen LogP contribution >= 0.6 is 0 Å². The molecule has 1 aromatic heterocycles. The largest absolute Gasteiger partial charge is 0.508 e. The number of benzene rings is 2. The van der Waals surface area contributed by atoms with Gasteiger partial charge >= 0.3 is 0 Å². The summed E-state index contributed by atoms with van der Waals surface area (Å²) in [7, 11) is 0. The first-order valence-corrected chi connectivity index (χ1v) is 7.13. The second-order valence-electron chi connectivity index (χ2n) is 5.12. The van der Waals surface area contributed by atoms with Crippen LogP contribution in [0.15, 0.2) is 48.5 Å². The molecule has 0 atom stereocenters. The second-order valence-corrected chi connectivity index (χ2v) is 5.12. The fourth-order valence-electron chi connectivity index (χ4n) is 2.48. The molecule has 0 radical (unpaired) electrons. The maximum Gasteiger partial charge on any atom is 0.138 e. The van der Waals surface area contributed by atoms with Crippen molar-refractivity contribution < 1.29 is 5.11 Å². The second kappa shape index (κ2) is 5.44. The summed E-state index contributed by atoms with van der Waals surface area (Å²) in [5.74, 6) is 1.11. The average Bonchev–Trinajstić information content (AvgIpc) is 2.90. The van der Waals surface area contributed by atoms with Gasteiger partial charge in [0.25, 0.3) is 0 Å². The summed E-state index contributed by atoms with van der Waals surface area (Å²) < 4.78 is 0. The van der Waals surface area contributed by atoms with Crippen molar-refractivity contribution in [3.05, 3.63) is 59.8 Å². The number of nitrogens with zero attached hydrogens (tertiary/aromatic N) is 1. The van der Waals surface area contributed by atoms with Crippen LogP contribution < -0.4 is 0 Å². The topological polar surface area (TPSA) is 48.9 Å². The molecule has 3 heteroatoms. The zero-order valence-corrected chi connectivity index (χ0v) is 12.2. The van der Waals surface area contributed by atoms with Gasteiger partial charge in [-0.05, 0) is 25.0 Å². The normalized spacial score (nSPS) is 10.8. The molecule has 0 saturated carbocycles. The molecule has 0 aliphatic carbocycles. The predicted molar refractivity (Wildman–Crippen MR) is 85.2 cm³/mol. The lowest BCUT2D eigenvalue weighted by molar-refractivity contribution is 0.469. The number of aromatic nitrogens is 2. The number of H-pyrrole nitrogens is 1. The number of aromatic hydroxyl groups is 1. The lowest BCUT2D eigenvalue weighted by atomic mass is 10.1. The Morgan fingerprint density at radius 1 is 1.05 bits per heavy atom. The van der Waals surface area contributed by atoms with Crippen LogP contribution in [0.3, 0.4) is 0 Å². The van der Waals surface area contributed by atoms with Crippen LogP contribution in [0.1, 0.15) is 18.2 Å². The molecule has 0 aliphatic heterocycles. The standard InChI is InChI=1S/C18H18N2O/c1-3-13-9-10-15(11-16(13)21)18-19-12(2)17(20-18)14-7-5-4-6-8-14/h4-11,21H,3H2,1-2H3,(H,19,20). The minimum Gasteiger partial charge on any atom is -0.508 e. The average molecular weight is 278 g/mol. The summed E-state index contributed by atoms with van der Waals surface area (Å²) in [6.45, 7) is 4.04. The third-order valence-electron chi connectivity index (χ3n) is 3.67. The molecule has 2 aromatic carbocycles. The molecule has 0 aliphatic rings. The lowest BCUT2D eigenvalue weighted by Gasteiger charge is -2.03. The molecule has 3 aromatic rings. The van der Waals surface area contributed by atoms with E-state index in [-0.39, 0.29) is 0 Å². The molecular formula is C18H18N2O. The Bertz CT molecular complexity index is 760. The van der Waals surface area contributed by atoms with Gasteiger partial charge in [-0.2, -0.15) is 0 Å². The van der Waals surface area contributed by atoms with Crippen molar-refractivity contribution in [1.82, 2.24) is 9.97 Å². The monoisotopic (exact) mass is 278 g/mol. The molecule has 106 valence electrons. The summed E-state index contributed by atoms with van der Waals surface area (Å²) in [6, 6.07) is 15.8. The van der Waals surface area contributed by atoms with Crippen LogP contribution in [-0.4, -0.2) is 15.1 Å². The van der Waals surface area contributed by atoms with Gasteiger partial charge in [-0.15, -0.1) is 0 Å². The Labute approximate surface area is 124 Å². The number of rotatable bonds is 3. The Hall–Kier alpha value is -2.55. The van der Waals surface area contributed by atoms with E-state index >= 15 is 0 Å². The van der Waals surface area contributed by atoms with E-state index in [9.17, 15) is 5.11 Å². The number of imidazole rings is 1. The molecule has 0 saturated heterocycles. The Morgan fingerprint density at radius 2 is 1.81 bits per heavy atom. The molecule has 2 N–H and O–H groups in total. The molecule has 0 spiro atoms. The smallest absolute Gasteiger partial charge is 0.138 e. The summed E-state index contributed by atoms with van der Waals surface area (Å²) in [6.07, 6.45) is 0.818. The maximum atomic E-state index is 10.0. The SMILES string of the molecule is CCc1ccc(-c2nc(-c3ccccc3)c(C)[nH]2)cc1O. The highest BCUT2D eigenvalue weighted by Gasteiger charge is 2.11. The Morgan fingerprint density at radius 3 is 2.48 bits per heavy atom. The number of phenols is 1. The van der Waals surface area contributed by atoms with Gasteiger partial charge in [0.1, 0.15) is 11.6 Å². The van der Waals surface area contributed by atoms with Crippen molar-refractivity contribution in [2.75, 3.05) is 0 Å². The molecule has 3 rings (SSSR count). The zero-order chi connectivity index (χ0) is 14.8. The highest BCUT2D eigenvalue weighted by molar-refractivity contribution is 5.68. The summed E-state index contributed by atoms with van der Waals surface area (Å²) >= 11 is 0. The quantitative estimate of drug-likeness (QED) is 0.749. The fraction of sp³-hybridized carbons (Fsp3) is 0.167. The number of hydrogen-bond donors (Lipinski definition) is 2. The third-order valence-corrected chi connectivity index (χ3v) is 3.67. The molecule has 1 heterocycles. The number of hydrogen-bond acceptors (Lipinski definition) is 2. The van der Waals surface area contributed by atoms with Crippen molar-refractivity contribution in [2.45, 2.75) is 20.3 Å². The molecule has 0 unspecified atom stereocenters. The van der Waals surface area contributed by atoms with Crippen LogP contribution in [0.5, 0.6) is 5.75 Å². The minimum absolute atomic E-state index is 0.324. The van der Waals surface area contributed by atoms with Gasteiger partial charge in [-0.3, -0.25) is 0 Å². The van der Waals surface area contributed by atoms with Gasteiger partial charge in [0.15, 0.2) is 0 Å². The van der Waals surface area contributed by atoms with E-state index in [0.29, 0.717) is 5.75 Å². The first-order chi connectivity index (χ1) is 10.2. The minimum atomic E-state index is 0.324. The summed E-state index contributed by atoms with van der Waals surface area (Å²) in [5.41, 5.74) is 4.91. The maximum absolute atomic E-state index is 10.0. The van der Waals surface area contributed by atoms with E-state index in [0.717, 1.165) is 40.3 Å².